The maximum atomic E-state index is 13.9. The maximum Gasteiger partial charge on any atom is 0.409 e. The van der Waals surface area contributed by atoms with Crippen molar-refractivity contribution in [2.24, 2.45) is 0 Å². The number of pyridine rings is 1. The minimum atomic E-state index is -3.80. The molecule has 0 aliphatic carbocycles. The van der Waals surface area contributed by atoms with Gasteiger partial charge in [0.2, 0.25) is 10.0 Å². The number of nitrogens with zero attached hydrogens (tertiary/aromatic N) is 5. The largest absolute Gasteiger partial charge is 0.450 e. The van der Waals surface area contributed by atoms with Gasteiger partial charge in [-0.1, -0.05) is 29.5 Å². The number of amides is 2. The lowest BCUT2D eigenvalue weighted by atomic mass is 10.1. The number of aromatic nitrogens is 2. The molecule has 0 unspecified atom stereocenters. The summed E-state index contributed by atoms with van der Waals surface area (Å²) in [5.74, 6) is -0.308. The predicted octanol–water partition coefficient (Wildman–Crippen LogP) is 4.62. The summed E-state index contributed by atoms with van der Waals surface area (Å²) in [4.78, 5) is 38.2. The number of ether oxygens (including phenoxy) is 1. The summed E-state index contributed by atoms with van der Waals surface area (Å²) in [6, 6.07) is 15.5. The van der Waals surface area contributed by atoms with Crippen LogP contribution in [0.5, 0.6) is 0 Å². The van der Waals surface area contributed by atoms with E-state index in [0.717, 1.165) is 21.3 Å². The van der Waals surface area contributed by atoms with Crippen LogP contribution in [-0.2, 0) is 21.3 Å². The van der Waals surface area contributed by atoms with Crippen LogP contribution in [0.25, 0.3) is 10.2 Å². The van der Waals surface area contributed by atoms with Gasteiger partial charge >= 0.3 is 6.09 Å². The Kier molecular flexibility index (Phi) is 8.34. The highest BCUT2D eigenvalue weighted by Crippen LogP contribution is 2.34. The Bertz CT molecular complexity index is 1630. The Labute approximate surface area is 243 Å². The van der Waals surface area contributed by atoms with Crippen LogP contribution in [0, 0.1) is 13.8 Å². The van der Waals surface area contributed by atoms with E-state index in [1.807, 2.05) is 44.2 Å². The number of carbonyl (C=O) groups excluding carboxylic acids is 2. The first-order valence-electron chi connectivity index (χ1n) is 13.3. The van der Waals surface area contributed by atoms with Gasteiger partial charge in [-0.15, -0.1) is 0 Å². The van der Waals surface area contributed by atoms with Crippen LogP contribution in [0.3, 0.4) is 0 Å². The normalized spacial score (nSPS) is 14.3. The van der Waals surface area contributed by atoms with Crippen molar-refractivity contribution in [3.63, 3.8) is 0 Å². The average molecular weight is 594 g/mol. The summed E-state index contributed by atoms with van der Waals surface area (Å²) in [5, 5.41) is 0.546. The molecule has 2 aromatic heterocycles. The standard InChI is InChI=1S/C29H31N5O5S2/c1-4-39-29(36)32-15-17-33(18-16-32)41(37,38)24-12-10-22(11-13-24)27(35)34(19-23-7-5-6-14-30-23)28-31-25-20(2)8-9-21(3)26(25)40-28/h5-14H,4,15-19H2,1-3H3. The summed E-state index contributed by atoms with van der Waals surface area (Å²) in [6.45, 7) is 7.04. The first-order valence-corrected chi connectivity index (χ1v) is 15.5. The number of piperazine rings is 1. The quantitative estimate of drug-likeness (QED) is 0.307. The monoisotopic (exact) mass is 593 g/mol. The van der Waals surface area contributed by atoms with Gasteiger partial charge in [0.1, 0.15) is 0 Å². The minimum absolute atomic E-state index is 0.0844. The fourth-order valence-electron chi connectivity index (χ4n) is 4.64. The molecule has 10 nitrogen and oxygen atoms in total. The summed E-state index contributed by atoms with van der Waals surface area (Å²) >= 11 is 1.45. The van der Waals surface area contributed by atoms with Crippen molar-refractivity contribution < 1.29 is 22.7 Å². The Balaban J connectivity index is 1.39. The zero-order chi connectivity index (χ0) is 29.1. The number of carbonyl (C=O) groups is 2. The van der Waals surface area contributed by atoms with E-state index in [-0.39, 0.29) is 50.1 Å². The number of sulfonamides is 1. The van der Waals surface area contributed by atoms with Gasteiger partial charge < -0.3 is 9.64 Å². The van der Waals surface area contributed by atoms with Crippen molar-refractivity contribution in [2.75, 3.05) is 37.7 Å². The van der Waals surface area contributed by atoms with Crippen molar-refractivity contribution in [3.8, 4) is 0 Å². The van der Waals surface area contributed by atoms with Gasteiger partial charge in [0.15, 0.2) is 5.13 Å². The Morgan fingerprint density at radius 1 is 0.976 bits per heavy atom. The smallest absolute Gasteiger partial charge is 0.409 e. The minimum Gasteiger partial charge on any atom is -0.450 e. The van der Waals surface area contributed by atoms with E-state index in [1.165, 1.54) is 44.8 Å². The maximum absolute atomic E-state index is 13.9. The molecule has 4 aromatic rings. The molecule has 1 aliphatic rings. The third kappa shape index (κ3) is 5.95. The molecule has 0 radical (unpaired) electrons. The molecule has 41 heavy (non-hydrogen) atoms. The highest BCUT2D eigenvalue weighted by Gasteiger charge is 2.31. The highest BCUT2D eigenvalue weighted by atomic mass is 32.2. The molecule has 1 fully saturated rings. The molecule has 5 rings (SSSR count). The third-order valence-electron chi connectivity index (χ3n) is 6.96. The molecule has 0 spiro atoms. The van der Waals surface area contributed by atoms with E-state index < -0.39 is 16.1 Å². The zero-order valence-corrected chi connectivity index (χ0v) is 24.7. The van der Waals surface area contributed by atoms with E-state index in [4.69, 9.17) is 9.72 Å². The molecule has 0 N–H and O–H groups in total. The molecular formula is C29H31N5O5S2. The molecule has 3 heterocycles. The van der Waals surface area contributed by atoms with Crippen LogP contribution in [0.4, 0.5) is 9.93 Å². The number of hydrogen-bond donors (Lipinski definition) is 0. The Morgan fingerprint density at radius 3 is 2.32 bits per heavy atom. The first kappa shape index (κ1) is 28.7. The van der Waals surface area contributed by atoms with E-state index in [2.05, 4.69) is 4.98 Å². The van der Waals surface area contributed by atoms with Gasteiger partial charge in [0, 0.05) is 37.9 Å². The van der Waals surface area contributed by atoms with Crippen molar-refractivity contribution in [3.05, 3.63) is 83.2 Å². The van der Waals surface area contributed by atoms with Crippen LogP contribution in [0.1, 0.15) is 34.1 Å². The lowest BCUT2D eigenvalue weighted by molar-refractivity contribution is 0.0933. The summed E-state index contributed by atoms with van der Waals surface area (Å²) in [5.41, 5.74) is 4.00. The molecular weight excluding hydrogens is 562 g/mol. The molecule has 2 aromatic carbocycles. The molecule has 1 aliphatic heterocycles. The van der Waals surface area contributed by atoms with Gasteiger partial charge in [-0.05, 0) is 68.3 Å². The van der Waals surface area contributed by atoms with Crippen LogP contribution < -0.4 is 4.90 Å². The second kappa shape index (κ2) is 11.9. The molecule has 0 saturated carbocycles. The van der Waals surface area contributed by atoms with Gasteiger partial charge in [0.05, 0.1) is 34.0 Å². The molecule has 0 atom stereocenters. The van der Waals surface area contributed by atoms with Crippen LogP contribution in [0.2, 0.25) is 0 Å². The topological polar surface area (TPSA) is 113 Å². The van der Waals surface area contributed by atoms with Gasteiger partial charge in [-0.3, -0.25) is 14.7 Å². The third-order valence-corrected chi connectivity index (χ3v) is 10.1. The second-order valence-corrected chi connectivity index (χ2v) is 12.6. The number of benzene rings is 2. The number of fused-ring (bicyclic) bond motifs is 1. The predicted molar refractivity (Wildman–Crippen MR) is 158 cm³/mol. The van der Waals surface area contributed by atoms with Crippen molar-refractivity contribution in [1.29, 1.82) is 0 Å². The Morgan fingerprint density at radius 2 is 1.68 bits per heavy atom. The highest BCUT2D eigenvalue weighted by molar-refractivity contribution is 7.89. The van der Waals surface area contributed by atoms with E-state index >= 15 is 0 Å². The number of thiazole rings is 1. The van der Waals surface area contributed by atoms with Crippen LogP contribution >= 0.6 is 11.3 Å². The van der Waals surface area contributed by atoms with E-state index in [0.29, 0.717) is 16.4 Å². The van der Waals surface area contributed by atoms with Crippen molar-refractivity contribution in [1.82, 2.24) is 19.2 Å². The number of aryl methyl sites for hydroxylation is 2. The van der Waals surface area contributed by atoms with Gasteiger partial charge in [0.25, 0.3) is 5.91 Å². The van der Waals surface area contributed by atoms with Crippen LogP contribution in [-0.4, -0.2) is 72.4 Å². The molecule has 1 saturated heterocycles. The summed E-state index contributed by atoms with van der Waals surface area (Å²) in [6.07, 6.45) is 1.23. The molecule has 214 valence electrons. The van der Waals surface area contributed by atoms with Crippen LogP contribution in [0.15, 0.2) is 65.7 Å². The number of rotatable bonds is 7. The average Bonchev–Trinajstić information content (AvgIpc) is 3.45. The number of anilines is 1. The van der Waals surface area contributed by atoms with Crippen molar-refractivity contribution >= 4 is 48.7 Å². The second-order valence-electron chi connectivity index (χ2n) is 9.70. The van der Waals surface area contributed by atoms with Gasteiger partial charge in [-0.25, -0.2) is 18.2 Å². The summed E-state index contributed by atoms with van der Waals surface area (Å²) in [7, 11) is -3.80. The lowest BCUT2D eigenvalue weighted by Crippen LogP contribution is -2.50. The van der Waals surface area contributed by atoms with E-state index in [1.54, 1.807) is 18.0 Å². The van der Waals surface area contributed by atoms with Gasteiger partial charge in [-0.2, -0.15) is 4.31 Å². The lowest BCUT2D eigenvalue weighted by Gasteiger charge is -2.33. The fourth-order valence-corrected chi connectivity index (χ4v) is 7.18. The fraction of sp³-hybridized carbons (Fsp3) is 0.310. The van der Waals surface area contributed by atoms with E-state index in [9.17, 15) is 18.0 Å². The molecule has 2 amide bonds. The molecule has 12 heteroatoms. The number of hydrogen-bond acceptors (Lipinski definition) is 8. The van der Waals surface area contributed by atoms with Crippen molar-refractivity contribution in [2.45, 2.75) is 32.2 Å². The zero-order valence-electron chi connectivity index (χ0n) is 23.1. The summed E-state index contributed by atoms with van der Waals surface area (Å²) < 4.78 is 34.0. The Hall–Kier alpha value is -3.87. The SMILES string of the molecule is CCOC(=O)N1CCN(S(=O)(=O)c2ccc(C(=O)N(Cc3ccccn3)c3nc4c(C)ccc(C)c4s3)cc2)CC1. The molecule has 0 bridgehead atoms. The first-order chi connectivity index (χ1) is 19.7.